The smallest absolute Gasteiger partial charge is 0.307 e. The molecular weight excluding hydrogens is 572 g/mol. The molecule has 2 atom stereocenters. The highest BCUT2D eigenvalue weighted by Gasteiger charge is 2.53. The number of hydrogen-bond donors (Lipinski definition) is 4. The molecule has 0 saturated carbocycles. The van der Waals surface area contributed by atoms with E-state index >= 15 is 0 Å². The Balaban J connectivity index is 1.34. The fourth-order valence-corrected chi connectivity index (χ4v) is 6.26. The lowest BCUT2D eigenvalue weighted by Gasteiger charge is -2.50. The fourth-order valence-electron chi connectivity index (χ4n) is 4.38. The van der Waals surface area contributed by atoms with Gasteiger partial charge in [-0.3, -0.25) is 14.5 Å². The topological polar surface area (TPSA) is 209 Å². The van der Waals surface area contributed by atoms with Crippen molar-refractivity contribution in [2.24, 2.45) is 10.9 Å². The average molecular weight is 599 g/mol. The number of fused-ring (bicyclic) bond motifs is 2. The number of amides is 2. The molecule has 6 N–H and O–H groups in total. The minimum atomic E-state index is -1.48. The number of β-lactam (4-membered cyclic amide) rings is 1. The summed E-state index contributed by atoms with van der Waals surface area (Å²) in [6.07, 6.45) is 4.97. The Bertz CT molecular complexity index is 1580. The van der Waals surface area contributed by atoms with Gasteiger partial charge in [0.1, 0.15) is 36.5 Å². The van der Waals surface area contributed by atoms with Crippen LogP contribution in [-0.4, -0.2) is 79.9 Å². The van der Waals surface area contributed by atoms with Crippen LogP contribution in [0.2, 0.25) is 0 Å². The average Bonchev–Trinajstić information content (AvgIpc) is 3.57. The van der Waals surface area contributed by atoms with E-state index in [9.17, 15) is 19.5 Å². The van der Waals surface area contributed by atoms with Crippen LogP contribution in [0.5, 0.6) is 0 Å². The van der Waals surface area contributed by atoms with E-state index in [4.69, 9.17) is 16.3 Å². The summed E-state index contributed by atoms with van der Waals surface area (Å²) in [6, 6.07) is 2.65. The van der Waals surface area contributed by atoms with Crippen molar-refractivity contribution in [1.82, 2.24) is 24.8 Å². The molecule has 214 valence electrons. The summed E-state index contributed by atoms with van der Waals surface area (Å²) in [7, 11) is 0. The van der Waals surface area contributed by atoms with Gasteiger partial charge in [-0.1, -0.05) is 27.4 Å². The van der Waals surface area contributed by atoms with Crippen LogP contribution in [0.15, 0.2) is 59.0 Å². The molecule has 0 bridgehead atoms. The standard InChI is InChI=1S/C24H26N10O5S2/c1-2-9-39-31-17(14-12-41-24(26)28-14)20(35)29-18-21(36)34-19(23(37)38)13(11-40-22(18)34)10-32-7-8-33-16(32)4-3-15(30-33)27-6-5-25/h2-4,7-8,12,18,22H,1,5-6,9-11,25H2,(H4-,26,27,28,29,30,35,37,38)/b31-17-/t18-,22-/m1/s1. The molecule has 0 radical (unpaired) electrons. The number of nitrogens with zero attached hydrogens (tertiary/aromatic N) is 6. The number of nitrogens with two attached hydrogens (primary N) is 2. The number of rotatable bonds is 12. The van der Waals surface area contributed by atoms with E-state index in [2.05, 4.69) is 32.5 Å². The number of aromatic nitrogens is 4. The molecule has 5 rings (SSSR count). The first kappa shape index (κ1) is 28.1. The van der Waals surface area contributed by atoms with Crippen LogP contribution in [0.3, 0.4) is 0 Å². The number of hydrogen-bond acceptors (Lipinski definition) is 13. The predicted octanol–water partition coefficient (Wildman–Crippen LogP) is -1.96. The summed E-state index contributed by atoms with van der Waals surface area (Å²) < 4.78 is 3.49. The maximum Gasteiger partial charge on any atom is 0.307 e. The van der Waals surface area contributed by atoms with Gasteiger partial charge in [0.25, 0.3) is 11.8 Å². The molecule has 15 nitrogen and oxygen atoms in total. The van der Waals surface area contributed by atoms with Crippen LogP contribution in [-0.2, 0) is 25.8 Å². The lowest BCUT2D eigenvalue weighted by molar-refractivity contribution is -0.662. The van der Waals surface area contributed by atoms with Gasteiger partial charge in [0, 0.05) is 35.9 Å². The Labute approximate surface area is 241 Å². The molecular formula is C24H26N10O5S2. The van der Waals surface area contributed by atoms with E-state index in [-0.39, 0.29) is 35.4 Å². The minimum Gasteiger partial charge on any atom is -0.543 e. The molecule has 1 saturated heterocycles. The predicted molar refractivity (Wildman–Crippen MR) is 149 cm³/mol. The number of carbonyl (C=O) groups is 3. The molecule has 0 spiro atoms. The van der Waals surface area contributed by atoms with E-state index in [0.29, 0.717) is 35.9 Å². The molecule has 5 heterocycles. The van der Waals surface area contributed by atoms with Crippen molar-refractivity contribution >= 4 is 63.2 Å². The number of carboxylic acids is 1. The van der Waals surface area contributed by atoms with Gasteiger partial charge >= 0.3 is 5.65 Å². The number of thioether (sulfide) groups is 1. The van der Waals surface area contributed by atoms with E-state index in [1.54, 1.807) is 23.0 Å². The van der Waals surface area contributed by atoms with Crippen LogP contribution in [0, 0.1) is 0 Å². The lowest BCUT2D eigenvalue weighted by Crippen LogP contribution is -2.71. The van der Waals surface area contributed by atoms with Gasteiger partial charge in [0.15, 0.2) is 22.9 Å². The van der Waals surface area contributed by atoms with E-state index < -0.39 is 29.2 Å². The monoisotopic (exact) mass is 598 g/mol. The van der Waals surface area contributed by atoms with Gasteiger partial charge in [0.05, 0.1) is 11.7 Å². The Kier molecular flexibility index (Phi) is 8.18. The van der Waals surface area contributed by atoms with Gasteiger partial charge in [-0.25, -0.2) is 9.55 Å². The molecule has 0 unspecified atom stereocenters. The highest BCUT2D eigenvalue weighted by Crippen LogP contribution is 2.40. The third kappa shape index (κ3) is 5.59. The summed E-state index contributed by atoms with van der Waals surface area (Å²) in [5.74, 6) is -1.83. The quantitative estimate of drug-likeness (QED) is 0.0449. The van der Waals surface area contributed by atoms with Gasteiger partial charge in [-0.2, -0.15) is 0 Å². The first-order valence-electron chi connectivity index (χ1n) is 12.3. The maximum absolute atomic E-state index is 13.2. The molecule has 0 aromatic carbocycles. The maximum atomic E-state index is 13.2. The van der Waals surface area contributed by atoms with Gasteiger partial charge < -0.3 is 36.8 Å². The van der Waals surface area contributed by atoms with E-state index in [0.717, 1.165) is 16.2 Å². The second-order valence-corrected chi connectivity index (χ2v) is 10.9. The zero-order chi connectivity index (χ0) is 29.1. The number of imidazole rings is 1. The molecule has 3 aromatic rings. The van der Waals surface area contributed by atoms with Gasteiger partial charge in [0.2, 0.25) is 0 Å². The second kappa shape index (κ2) is 11.9. The largest absolute Gasteiger partial charge is 0.543 e. The summed E-state index contributed by atoms with van der Waals surface area (Å²) >= 11 is 2.45. The number of nitrogen functional groups attached to an aromatic ring is 1. The number of anilines is 2. The number of oxime groups is 1. The van der Waals surface area contributed by atoms with Crippen LogP contribution in [0.1, 0.15) is 5.69 Å². The normalized spacial score (nSPS) is 18.6. The van der Waals surface area contributed by atoms with E-state index in [1.165, 1.54) is 23.2 Å². The fraction of sp³-hybridized carbons (Fsp3) is 0.292. The second-order valence-electron chi connectivity index (χ2n) is 8.86. The first-order chi connectivity index (χ1) is 19.8. The number of carboxylic acid groups (broad SMARTS) is 1. The summed E-state index contributed by atoms with van der Waals surface area (Å²) in [5, 5.41) is 27.4. The van der Waals surface area contributed by atoms with Crippen molar-refractivity contribution in [3.8, 4) is 0 Å². The molecule has 1 fully saturated rings. The highest BCUT2D eigenvalue weighted by atomic mass is 32.2. The first-order valence-corrected chi connectivity index (χ1v) is 14.3. The molecule has 2 aliphatic rings. The lowest BCUT2D eigenvalue weighted by atomic mass is 10.0. The SMILES string of the molecule is C=CCO/N=C(\C(=O)N[C@@H]1C(=O)N2C(C(=O)[O-])=C(C[n+]3ccn4nc(NCCN)ccc43)CS[C@H]12)c1csc(N)n1. The van der Waals surface area contributed by atoms with Crippen molar-refractivity contribution in [3.05, 3.63) is 59.5 Å². The Morgan fingerprint density at radius 2 is 2.22 bits per heavy atom. The molecule has 0 aliphatic carbocycles. The van der Waals surface area contributed by atoms with Crippen molar-refractivity contribution in [3.63, 3.8) is 0 Å². The molecule has 2 aliphatic heterocycles. The summed E-state index contributed by atoms with van der Waals surface area (Å²) in [4.78, 5) is 48.8. The van der Waals surface area contributed by atoms with Crippen molar-refractivity contribution < 1.29 is 28.9 Å². The number of thiazole rings is 1. The van der Waals surface area contributed by atoms with Crippen molar-refractivity contribution in [2.45, 2.75) is 18.0 Å². The van der Waals surface area contributed by atoms with Crippen molar-refractivity contribution in [1.29, 1.82) is 0 Å². The molecule has 41 heavy (non-hydrogen) atoms. The third-order valence-corrected chi connectivity index (χ3v) is 8.20. The zero-order valence-electron chi connectivity index (χ0n) is 21.6. The third-order valence-electron chi connectivity index (χ3n) is 6.19. The Morgan fingerprint density at radius 1 is 1.39 bits per heavy atom. The number of aliphatic carboxylic acids is 1. The Hall–Kier alpha value is -4.48. The molecule has 2 amide bonds. The zero-order valence-corrected chi connectivity index (χ0v) is 23.2. The molecule has 17 heteroatoms. The number of nitrogens with one attached hydrogen (secondary N) is 2. The molecule has 3 aromatic heterocycles. The van der Waals surface area contributed by atoms with Crippen LogP contribution >= 0.6 is 23.1 Å². The van der Waals surface area contributed by atoms with Crippen LogP contribution in [0.25, 0.3) is 5.65 Å². The Morgan fingerprint density at radius 3 is 2.93 bits per heavy atom. The summed E-state index contributed by atoms with van der Waals surface area (Å²) in [6.45, 7) is 4.81. The van der Waals surface area contributed by atoms with Gasteiger partial charge in [-0.05, 0) is 6.07 Å². The minimum absolute atomic E-state index is 0.0468. The van der Waals surface area contributed by atoms with Crippen molar-refractivity contribution in [2.75, 3.05) is 36.5 Å². The van der Waals surface area contributed by atoms with Gasteiger partial charge in [-0.15, -0.1) is 23.1 Å². The van der Waals surface area contributed by atoms with E-state index in [1.807, 2.05) is 10.6 Å². The van der Waals surface area contributed by atoms with Crippen LogP contribution in [0.4, 0.5) is 10.9 Å². The van der Waals surface area contributed by atoms with Crippen LogP contribution < -0.4 is 31.8 Å². The highest BCUT2D eigenvalue weighted by molar-refractivity contribution is 8.00. The summed E-state index contributed by atoms with van der Waals surface area (Å²) in [5.41, 5.74) is 12.2. The number of carbonyl (C=O) groups excluding carboxylic acids is 3.